The summed E-state index contributed by atoms with van der Waals surface area (Å²) >= 11 is 0. The molecule has 30 heavy (non-hydrogen) atoms. The highest BCUT2D eigenvalue weighted by atomic mass is 16.4. The minimum atomic E-state index is -0.381. The molecule has 1 saturated heterocycles. The minimum Gasteiger partial charge on any atom is -0.422 e. The fraction of sp³-hybridized carbons (Fsp3) is 0.348. The Morgan fingerprint density at radius 3 is 2.77 bits per heavy atom. The van der Waals surface area contributed by atoms with E-state index in [0.717, 1.165) is 47.6 Å². The number of likely N-dealkylation sites (N-methyl/N-ethyl adjacent to an activating group) is 2. The van der Waals surface area contributed by atoms with E-state index in [0.29, 0.717) is 22.9 Å². The molecule has 4 heterocycles. The summed E-state index contributed by atoms with van der Waals surface area (Å²) in [6.07, 6.45) is 4.90. The largest absolute Gasteiger partial charge is 0.422 e. The molecule has 0 N–H and O–H groups in total. The summed E-state index contributed by atoms with van der Waals surface area (Å²) in [6.45, 7) is 6.00. The van der Waals surface area contributed by atoms with Gasteiger partial charge in [-0.1, -0.05) is 0 Å². The minimum absolute atomic E-state index is 0.381. The van der Waals surface area contributed by atoms with Gasteiger partial charge in [0.2, 0.25) is 0 Å². The first kappa shape index (κ1) is 18.8. The van der Waals surface area contributed by atoms with Crippen molar-refractivity contribution < 1.29 is 4.42 Å². The summed E-state index contributed by atoms with van der Waals surface area (Å²) in [5.74, 6) is 0. The van der Waals surface area contributed by atoms with Crippen LogP contribution < -0.4 is 10.5 Å². The second kappa shape index (κ2) is 6.95. The van der Waals surface area contributed by atoms with Crippen molar-refractivity contribution in [3.05, 3.63) is 58.5 Å². The van der Waals surface area contributed by atoms with Crippen molar-refractivity contribution >= 4 is 22.3 Å². The van der Waals surface area contributed by atoms with Gasteiger partial charge in [-0.05, 0) is 52.1 Å². The predicted molar refractivity (Wildman–Crippen MR) is 118 cm³/mol. The van der Waals surface area contributed by atoms with Gasteiger partial charge in [-0.15, -0.1) is 0 Å². The normalized spacial score (nSPS) is 17.3. The van der Waals surface area contributed by atoms with Gasteiger partial charge in [0, 0.05) is 49.2 Å². The van der Waals surface area contributed by atoms with E-state index in [9.17, 15) is 4.79 Å². The molecule has 0 bridgehead atoms. The molecule has 0 spiro atoms. The van der Waals surface area contributed by atoms with Crippen LogP contribution in [-0.4, -0.2) is 52.5 Å². The van der Waals surface area contributed by atoms with Gasteiger partial charge in [-0.25, -0.2) is 9.78 Å². The van der Waals surface area contributed by atoms with E-state index >= 15 is 0 Å². The number of aromatic nitrogens is 3. The van der Waals surface area contributed by atoms with Gasteiger partial charge >= 0.3 is 5.63 Å². The first-order valence-corrected chi connectivity index (χ1v) is 10.2. The number of nitrogens with zero attached hydrogens (tertiary/aromatic N) is 5. The van der Waals surface area contributed by atoms with Crippen LogP contribution in [0.1, 0.15) is 17.8 Å². The molecule has 1 atom stereocenters. The van der Waals surface area contributed by atoms with Crippen molar-refractivity contribution in [3.8, 4) is 11.3 Å². The van der Waals surface area contributed by atoms with Gasteiger partial charge in [0.15, 0.2) is 5.65 Å². The van der Waals surface area contributed by atoms with Crippen LogP contribution in [0.5, 0.6) is 0 Å². The Hall–Kier alpha value is -3.19. The summed E-state index contributed by atoms with van der Waals surface area (Å²) in [4.78, 5) is 26.5. The molecule has 7 heteroatoms. The van der Waals surface area contributed by atoms with Gasteiger partial charge in [0.05, 0.1) is 22.6 Å². The van der Waals surface area contributed by atoms with Gasteiger partial charge in [0.1, 0.15) is 5.58 Å². The number of rotatable bonds is 3. The molecule has 3 aromatic heterocycles. The summed E-state index contributed by atoms with van der Waals surface area (Å²) in [7, 11) is 4.25. The zero-order valence-corrected chi connectivity index (χ0v) is 17.7. The third-order valence-electron chi connectivity index (χ3n) is 6.04. The zero-order chi connectivity index (χ0) is 21.0. The summed E-state index contributed by atoms with van der Waals surface area (Å²) in [5.41, 5.74) is 4.80. The van der Waals surface area contributed by atoms with Crippen molar-refractivity contribution in [1.29, 1.82) is 0 Å². The fourth-order valence-electron chi connectivity index (χ4n) is 4.37. The van der Waals surface area contributed by atoms with Gasteiger partial charge in [-0.2, -0.15) is 0 Å². The van der Waals surface area contributed by atoms with Crippen molar-refractivity contribution in [3.63, 3.8) is 0 Å². The van der Waals surface area contributed by atoms with E-state index in [4.69, 9.17) is 4.42 Å². The number of aryl methyl sites for hydroxylation is 2. The molecule has 1 fully saturated rings. The molecule has 0 radical (unpaired) electrons. The molecule has 1 aliphatic rings. The number of imidazole rings is 1. The van der Waals surface area contributed by atoms with E-state index in [-0.39, 0.29) is 5.63 Å². The van der Waals surface area contributed by atoms with E-state index in [1.807, 2.05) is 48.8 Å². The number of anilines is 1. The Morgan fingerprint density at radius 1 is 1.17 bits per heavy atom. The van der Waals surface area contributed by atoms with Crippen LogP contribution in [0.25, 0.3) is 27.9 Å². The SMILES string of the molecule is Cc1cn2cc(-c3cc4ccc(N(C)[C@H]5CCN(C)C5)cc4oc3=O)nc2c(C)n1. The maximum absolute atomic E-state index is 12.8. The second-order valence-corrected chi connectivity index (χ2v) is 8.31. The highest BCUT2D eigenvalue weighted by Crippen LogP contribution is 2.27. The van der Waals surface area contributed by atoms with Crippen LogP contribution in [0.3, 0.4) is 0 Å². The molecule has 154 valence electrons. The molecule has 0 aliphatic carbocycles. The van der Waals surface area contributed by atoms with Crippen molar-refractivity contribution in [2.75, 3.05) is 32.1 Å². The lowest BCUT2D eigenvalue weighted by Crippen LogP contribution is -2.33. The topological polar surface area (TPSA) is 66.9 Å². The average molecular weight is 403 g/mol. The van der Waals surface area contributed by atoms with E-state index in [2.05, 4.69) is 39.9 Å². The molecule has 0 amide bonds. The molecule has 0 unspecified atom stereocenters. The van der Waals surface area contributed by atoms with Crippen LogP contribution in [0, 0.1) is 13.8 Å². The van der Waals surface area contributed by atoms with E-state index < -0.39 is 0 Å². The van der Waals surface area contributed by atoms with Gasteiger partial charge in [0.25, 0.3) is 0 Å². The van der Waals surface area contributed by atoms with Crippen LogP contribution in [0.4, 0.5) is 5.69 Å². The Balaban J connectivity index is 1.55. The van der Waals surface area contributed by atoms with Crippen molar-refractivity contribution in [2.24, 2.45) is 0 Å². The maximum atomic E-state index is 12.8. The van der Waals surface area contributed by atoms with Crippen LogP contribution >= 0.6 is 0 Å². The quantitative estimate of drug-likeness (QED) is 0.489. The molecule has 1 aromatic carbocycles. The Morgan fingerprint density at radius 2 is 2.00 bits per heavy atom. The zero-order valence-electron chi connectivity index (χ0n) is 17.7. The highest BCUT2D eigenvalue weighted by Gasteiger charge is 2.24. The monoisotopic (exact) mass is 403 g/mol. The Kier molecular flexibility index (Phi) is 4.36. The van der Waals surface area contributed by atoms with E-state index in [1.54, 1.807) is 0 Å². The number of hydrogen-bond donors (Lipinski definition) is 0. The lowest BCUT2D eigenvalue weighted by Gasteiger charge is -2.26. The molecule has 5 rings (SSSR count). The lowest BCUT2D eigenvalue weighted by molar-refractivity contribution is 0.409. The van der Waals surface area contributed by atoms with Gasteiger partial charge in [-0.3, -0.25) is 4.98 Å². The molecular weight excluding hydrogens is 378 g/mol. The molecule has 1 aliphatic heterocycles. The number of likely N-dealkylation sites (tertiary alicyclic amines) is 1. The van der Waals surface area contributed by atoms with Crippen LogP contribution in [0.2, 0.25) is 0 Å². The average Bonchev–Trinajstić information content (AvgIpc) is 3.33. The molecule has 4 aromatic rings. The first-order valence-electron chi connectivity index (χ1n) is 10.2. The molecule has 0 saturated carbocycles. The molecular formula is C23H25N5O2. The standard InChI is InChI=1S/C23H25N5O2/c1-14-11-28-13-20(25-22(28)15(2)24-14)19-9-16-5-6-17(10-21(16)30-23(19)29)27(4)18-7-8-26(3)12-18/h5-6,9-11,13,18H,7-8,12H2,1-4H3/t18-/m0/s1. The van der Waals surface area contributed by atoms with E-state index in [1.165, 1.54) is 0 Å². The highest BCUT2D eigenvalue weighted by molar-refractivity contribution is 5.84. The smallest absolute Gasteiger partial charge is 0.345 e. The maximum Gasteiger partial charge on any atom is 0.345 e. The van der Waals surface area contributed by atoms with Crippen LogP contribution in [-0.2, 0) is 0 Å². The summed E-state index contributed by atoms with van der Waals surface area (Å²) in [6, 6.07) is 8.40. The fourth-order valence-corrected chi connectivity index (χ4v) is 4.37. The summed E-state index contributed by atoms with van der Waals surface area (Å²) < 4.78 is 7.62. The van der Waals surface area contributed by atoms with Crippen molar-refractivity contribution in [2.45, 2.75) is 26.3 Å². The summed E-state index contributed by atoms with van der Waals surface area (Å²) in [5, 5.41) is 0.883. The molecule has 7 nitrogen and oxygen atoms in total. The third kappa shape index (κ3) is 3.15. The van der Waals surface area contributed by atoms with Gasteiger partial charge < -0.3 is 18.6 Å². The number of fused-ring (bicyclic) bond motifs is 2. The number of hydrogen-bond acceptors (Lipinski definition) is 6. The van der Waals surface area contributed by atoms with Crippen LogP contribution in [0.15, 0.2) is 45.9 Å². The first-order chi connectivity index (χ1) is 14.4. The third-order valence-corrected chi connectivity index (χ3v) is 6.04. The lowest BCUT2D eigenvalue weighted by atomic mass is 10.1. The number of benzene rings is 1. The van der Waals surface area contributed by atoms with Crippen molar-refractivity contribution in [1.82, 2.24) is 19.3 Å². The predicted octanol–water partition coefficient (Wildman–Crippen LogP) is 3.26. The Bertz CT molecular complexity index is 1320. The Labute approximate surface area is 174 Å². The second-order valence-electron chi connectivity index (χ2n) is 8.31.